The summed E-state index contributed by atoms with van der Waals surface area (Å²) in [7, 11) is 0. The summed E-state index contributed by atoms with van der Waals surface area (Å²) in [6.07, 6.45) is 0. The molecule has 4 heteroatoms. The Morgan fingerprint density at radius 3 is 2.93 bits per heavy atom. The highest BCUT2D eigenvalue weighted by atomic mass is 79.9. The van der Waals surface area contributed by atoms with E-state index < -0.39 is 0 Å². The standard InChI is InChI=1S/C10H11BrN2O/c11-9-3-1-2-7-8(9)6-13(5-4-12)10(7)14/h1-3H,4-6,12H2. The van der Waals surface area contributed by atoms with Crippen LogP contribution in [0.1, 0.15) is 15.9 Å². The van der Waals surface area contributed by atoms with E-state index >= 15 is 0 Å². The summed E-state index contributed by atoms with van der Waals surface area (Å²) < 4.78 is 1.00. The molecule has 2 rings (SSSR count). The third-order valence-electron chi connectivity index (χ3n) is 2.38. The Hall–Kier alpha value is -0.870. The lowest BCUT2D eigenvalue weighted by Gasteiger charge is -2.13. The Kier molecular flexibility index (Phi) is 2.56. The Morgan fingerprint density at radius 2 is 2.29 bits per heavy atom. The van der Waals surface area contributed by atoms with Crippen molar-refractivity contribution in [2.75, 3.05) is 13.1 Å². The fourth-order valence-electron chi connectivity index (χ4n) is 1.69. The smallest absolute Gasteiger partial charge is 0.254 e. The molecule has 0 aromatic heterocycles. The van der Waals surface area contributed by atoms with Crippen LogP contribution in [-0.4, -0.2) is 23.9 Å². The van der Waals surface area contributed by atoms with Gasteiger partial charge in [0, 0.05) is 29.7 Å². The maximum absolute atomic E-state index is 11.8. The quantitative estimate of drug-likeness (QED) is 0.867. The molecule has 0 bridgehead atoms. The number of halogens is 1. The molecule has 1 aromatic carbocycles. The van der Waals surface area contributed by atoms with Crippen LogP contribution in [0.15, 0.2) is 22.7 Å². The van der Waals surface area contributed by atoms with Crippen molar-refractivity contribution in [2.24, 2.45) is 5.73 Å². The number of nitrogens with two attached hydrogens (primary N) is 1. The molecule has 0 radical (unpaired) electrons. The van der Waals surface area contributed by atoms with Gasteiger partial charge in [-0.05, 0) is 17.7 Å². The molecule has 0 saturated carbocycles. The first kappa shape index (κ1) is 9.68. The lowest BCUT2D eigenvalue weighted by atomic mass is 10.1. The Labute approximate surface area is 91.0 Å². The summed E-state index contributed by atoms with van der Waals surface area (Å²) in [6, 6.07) is 5.70. The van der Waals surface area contributed by atoms with E-state index in [1.165, 1.54) is 0 Å². The number of fused-ring (bicyclic) bond motifs is 1. The van der Waals surface area contributed by atoms with Gasteiger partial charge in [0.05, 0.1) is 0 Å². The summed E-state index contributed by atoms with van der Waals surface area (Å²) in [5, 5.41) is 0. The molecule has 1 aromatic rings. The minimum absolute atomic E-state index is 0.0896. The van der Waals surface area contributed by atoms with E-state index in [1.807, 2.05) is 18.2 Å². The first-order valence-corrected chi connectivity index (χ1v) is 5.30. The van der Waals surface area contributed by atoms with Gasteiger partial charge in [0.1, 0.15) is 0 Å². The predicted molar refractivity (Wildman–Crippen MR) is 57.9 cm³/mol. The van der Waals surface area contributed by atoms with Crippen LogP contribution in [0.5, 0.6) is 0 Å². The first-order valence-electron chi connectivity index (χ1n) is 4.50. The monoisotopic (exact) mass is 254 g/mol. The average Bonchev–Trinajstić information content (AvgIpc) is 2.48. The Bertz CT molecular complexity index is 378. The minimum Gasteiger partial charge on any atom is -0.333 e. The first-order chi connectivity index (χ1) is 6.74. The summed E-state index contributed by atoms with van der Waals surface area (Å²) in [5.41, 5.74) is 7.31. The van der Waals surface area contributed by atoms with E-state index in [9.17, 15) is 4.79 Å². The number of nitrogens with zero attached hydrogens (tertiary/aromatic N) is 1. The average molecular weight is 255 g/mol. The maximum atomic E-state index is 11.8. The Morgan fingerprint density at radius 1 is 1.50 bits per heavy atom. The molecule has 0 saturated heterocycles. The summed E-state index contributed by atoms with van der Waals surface area (Å²) in [5.74, 6) is 0.0896. The largest absolute Gasteiger partial charge is 0.333 e. The van der Waals surface area contributed by atoms with Gasteiger partial charge in [-0.2, -0.15) is 0 Å². The fourth-order valence-corrected chi connectivity index (χ4v) is 2.18. The number of hydrogen-bond acceptors (Lipinski definition) is 2. The molecule has 0 unspecified atom stereocenters. The lowest BCUT2D eigenvalue weighted by molar-refractivity contribution is 0.0783. The van der Waals surface area contributed by atoms with Crippen molar-refractivity contribution in [3.8, 4) is 0 Å². The molecular weight excluding hydrogens is 244 g/mol. The predicted octanol–water partition coefficient (Wildman–Crippen LogP) is 1.36. The van der Waals surface area contributed by atoms with Crippen LogP contribution in [0.2, 0.25) is 0 Å². The van der Waals surface area contributed by atoms with Crippen molar-refractivity contribution in [2.45, 2.75) is 6.54 Å². The van der Waals surface area contributed by atoms with E-state index in [2.05, 4.69) is 15.9 Å². The van der Waals surface area contributed by atoms with Crippen LogP contribution in [0, 0.1) is 0 Å². The molecule has 1 aliphatic rings. The van der Waals surface area contributed by atoms with Crippen LogP contribution in [-0.2, 0) is 6.54 Å². The highest BCUT2D eigenvalue weighted by molar-refractivity contribution is 9.10. The Balaban J connectivity index is 2.35. The number of carbonyl (C=O) groups is 1. The highest BCUT2D eigenvalue weighted by Gasteiger charge is 2.27. The normalized spacial score (nSPS) is 14.7. The molecule has 1 heterocycles. The van der Waals surface area contributed by atoms with E-state index in [4.69, 9.17) is 5.73 Å². The van der Waals surface area contributed by atoms with Gasteiger partial charge in [-0.3, -0.25) is 4.79 Å². The molecule has 3 nitrogen and oxygen atoms in total. The molecule has 1 amide bonds. The second-order valence-electron chi connectivity index (χ2n) is 3.28. The molecule has 0 aliphatic carbocycles. The number of benzene rings is 1. The van der Waals surface area contributed by atoms with Gasteiger partial charge in [0.25, 0.3) is 5.91 Å². The summed E-state index contributed by atoms with van der Waals surface area (Å²) in [4.78, 5) is 13.6. The molecule has 74 valence electrons. The molecule has 2 N–H and O–H groups in total. The van der Waals surface area contributed by atoms with Crippen molar-refractivity contribution < 1.29 is 4.79 Å². The zero-order chi connectivity index (χ0) is 10.1. The van der Waals surface area contributed by atoms with Crippen molar-refractivity contribution in [3.05, 3.63) is 33.8 Å². The molecular formula is C10H11BrN2O. The van der Waals surface area contributed by atoms with Gasteiger partial charge in [-0.1, -0.05) is 22.0 Å². The molecule has 0 fully saturated rings. The minimum atomic E-state index is 0.0896. The second kappa shape index (κ2) is 3.71. The highest BCUT2D eigenvalue weighted by Crippen LogP contribution is 2.28. The lowest BCUT2D eigenvalue weighted by Crippen LogP contribution is -2.29. The fraction of sp³-hybridized carbons (Fsp3) is 0.300. The SMILES string of the molecule is NCCN1Cc2c(Br)cccc2C1=O. The van der Waals surface area contributed by atoms with Gasteiger partial charge < -0.3 is 10.6 Å². The van der Waals surface area contributed by atoms with Gasteiger partial charge in [0.15, 0.2) is 0 Å². The third-order valence-corrected chi connectivity index (χ3v) is 3.13. The van der Waals surface area contributed by atoms with Crippen LogP contribution < -0.4 is 5.73 Å². The molecule has 0 atom stereocenters. The van der Waals surface area contributed by atoms with Crippen molar-refractivity contribution in [3.63, 3.8) is 0 Å². The van der Waals surface area contributed by atoms with E-state index in [0.29, 0.717) is 19.6 Å². The number of amides is 1. The van der Waals surface area contributed by atoms with Crippen LogP contribution in [0.3, 0.4) is 0 Å². The van der Waals surface area contributed by atoms with Gasteiger partial charge in [0.2, 0.25) is 0 Å². The molecule has 0 spiro atoms. The van der Waals surface area contributed by atoms with Crippen LogP contribution >= 0.6 is 15.9 Å². The number of hydrogen-bond donors (Lipinski definition) is 1. The zero-order valence-electron chi connectivity index (χ0n) is 7.66. The van der Waals surface area contributed by atoms with E-state index in [0.717, 1.165) is 15.6 Å². The summed E-state index contributed by atoms with van der Waals surface area (Å²) in [6.45, 7) is 1.81. The van der Waals surface area contributed by atoms with Gasteiger partial charge in [-0.25, -0.2) is 0 Å². The molecule has 14 heavy (non-hydrogen) atoms. The van der Waals surface area contributed by atoms with Gasteiger partial charge >= 0.3 is 0 Å². The number of rotatable bonds is 2. The second-order valence-corrected chi connectivity index (χ2v) is 4.14. The number of carbonyl (C=O) groups excluding carboxylic acids is 1. The zero-order valence-corrected chi connectivity index (χ0v) is 9.25. The van der Waals surface area contributed by atoms with E-state index in [-0.39, 0.29) is 5.91 Å². The maximum Gasteiger partial charge on any atom is 0.254 e. The topological polar surface area (TPSA) is 46.3 Å². The van der Waals surface area contributed by atoms with Gasteiger partial charge in [-0.15, -0.1) is 0 Å². The molecule has 1 aliphatic heterocycles. The van der Waals surface area contributed by atoms with Crippen LogP contribution in [0.25, 0.3) is 0 Å². The summed E-state index contributed by atoms with van der Waals surface area (Å²) >= 11 is 3.44. The van der Waals surface area contributed by atoms with Crippen LogP contribution in [0.4, 0.5) is 0 Å². The van der Waals surface area contributed by atoms with Crippen molar-refractivity contribution in [1.29, 1.82) is 0 Å². The van der Waals surface area contributed by atoms with Crippen molar-refractivity contribution >= 4 is 21.8 Å². The van der Waals surface area contributed by atoms with Crippen molar-refractivity contribution in [1.82, 2.24) is 4.90 Å². The third kappa shape index (κ3) is 1.44. The van der Waals surface area contributed by atoms with E-state index in [1.54, 1.807) is 4.90 Å².